The summed E-state index contributed by atoms with van der Waals surface area (Å²) in [5.41, 5.74) is 3.36. The first-order valence-corrected chi connectivity index (χ1v) is 14.4. The molecule has 12 heteroatoms. The number of aliphatic hydroxyl groups excluding tert-OH is 1. The molecule has 6 rings (SSSR count). The van der Waals surface area contributed by atoms with Crippen molar-refractivity contribution >= 4 is 28.6 Å². The van der Waals surface area contributed by atoms with Crippen LogP contribution in [0.4, 0.5) is 13.2 Å². The largest absolute Gasteiger partial charge is 0.439 e. The van der Waals surface area contributed by atoms with Crippen LogP contribution in [0, 0.1) is 0 Å². The number of β-amino-alcohol motifs (C(OH)–C–C–N with tert-alkyl or cyclic N) is 1. The standard InChI is InChI=1S/C30H31ClF3N5O3/c1-18(40)37-13-11-25-23(17-37)28(19-5-7-20(8-6-19)30(32,33)34)36-39(25)16-22(41)15-38-12-3-2-4-26(38)29-35-24-14-21(31)9-10-27(24)42-29/h5-10,14,22,26,41H,2-4,11-13,15-17H2,1H3. The molecule has 2 unspecified atom stereocenters. The van der Waals surface area contributed by atoms with E-state index in [0.717, 1.165) is 49.2 Å². The van der Waals surface area contributed by atoms with Gasteiger partial charge in [0.1, 0.15) is 5.52 Å². The summed E-state index contributed by atoms with van der Waals surface area (Å²) in [6, 6.07) is 10.1. The van der Waals surface area contributed by atoms with Gasteiger partial charge in [0.05, 0.1) is 29.9 Å². The predicted octanol–water partition coefficient (Wildman–Crippen LogP) is 5.86. The van der Waals surface area contributed by atoms with Gasteiger partial charge in [0.25, 0.3) is 0 Å². The maximum atomic E-state index is 13.2. The molecule has 4 heterocycles. The van der Waals surface area contributed by atoms with Crippen molar-refractivity contribution in [2.75, 3.05) is 19.6 Å². The smallest absolute Gasteiger partial charge is 0.416 e. The van der Waals surface area contributed by atoms with Crippen LogP contribution < -0.4 is 0 Å². The van der Waals surface area contributed by atoms with Gasteiger partial charge in [-0.05, 0) is 49.7 Å². The molecule has 2 aliphatic heterocycles. The molecule has 0 aliphatic carbocycles. The van der Waals surface area contributed by atoms with Crippen LogP contribution in [0.15, 0.2) is 46.9 Å². The van der Waals surface area contributed by atoms with Gasteiger partial charge in [-0.1, -0.05) is 30.2 Å². The number of nitrogens with zero attached hydrogens (tertiary/aromatic N) is 5. The number of halogens is 4. The second kappa shape index (κ2) is 11.3. The Morgan fingerprint density at radius 1 is 1.14 bits per heavy atom. The van der Waals surface area contributed by atoms with Crippen LogP contribution in [0.25, 0.3) is 22.4 Å². The Hall–Kier alpha value is -3.41. The number of hydrogen-bond donors (Lipinski definition) is 1. The third-order valence-electron chi connectivity index (χ3n) is 8.16. The van der Waals surface area contributed by atoms with E-state index in [4.69, 9.17) is 21.1 Å². The van der Waals surface area contributed by atoms with Gasteiger partial charge >= 0.3 is 6.18 Å². The molecule has 42 heavy (non-hydrogen) atoms. The number of likely N-dealkylation sites (tertiary alicyclic amines) is 1. The van der Waals surface area contributed by atoms with E-state index in [0.29, 0.717) is 59.3 Å². The van der Waals surface area contributed by atoms with Crippen LogP contribution in [0.2, 0.25) is 5.02 Å². The molecule has 4 aromatic rings. The van der Waals surface area contributed by atoms with Crippen molar-refractivity contribution in [2.24, 2.45) is 0 Å². The second-order valence-electron chi connectivity index (χ2n) is 11.0. The first kappa shape index (κ1) is 28.7. The molecular formula is C30H31ClF3N5O3. The summed E-state index contributed by atoms with van der Waals surface area (Å²) in [4.78, 5) is 20.7. The fourth-order valence-electron chi connectivity index (χ4n) is 6.04. The molecule has 1 amide bonds. The van der Waals surface area contributed by atoms with E-state index < -0.39 is 17.8 Å². The lowest BCUT2D eigenvalue weighted by molar-refractivity contribution is -0.137. The molecule has 2 aromatic heterocycles. The molecule has 8 nitrogen and oxygen atoms in total. The van der Waals surface area contributed by atoms with Gasteiger partial charge in [-0.2, -0.15) is 18.3 Å². The van der Waals surface area contributed by atoms with Crippen molar-refractivity contribution in [3.8, 4) is 11.3 Å². The van der Waals surface area contributed by atoms with Gasteiger partial charge in [0, 0.05) is 54.8 Å². The lowest BCUT2D eigenvalue weighted by Gasteiger charge is -2.35. The van der Waals surface area contributed by atoms with Gasteiger partial charge in [-0.25, -0.2) is 4.98 Å². The minimum absolute atomic E-state index is 0.0792. The van der Waals surface area contributed by atoms with E-state index in [1.807, 2.05) is 0 Å². The Balaban J connectivity index is 1.24. The number of rotatable bonds is 6. The molecule has 0 bridgehead atoms. The number of aliphatic hydroxyl groups is 1. The molecule has 0 saturated carbocycles. The van der Waals surface area contributed by atoms with E-state index in [9.17, 15) is 23.1 Å². The number of oxazole rings is 1. The van der Waals surface area contributed by atoms with Gasteiger partial charge in [0.15, 0.2) is 5.58 Å². The van der Waals surface area contributed by atoms with Crippen LogP contribution in [0.1, 0.15) is 54.9 Å². The highest BCUT2D eigenvalue weighted by molar-refractivity contribution is 6.31. The predicted molar refractivity (Wildman–Crippen MR) is 151 cm³/mol. The average Bonchev–Trinajstić information content (AvgIpc) is 3.53. The summed E-state index contributed by atoms with van der Waals surface area (Å²) < 4.78 is 47.3. The number of amides is 1. The maximum absolute atomic E-state index is 13.2. The second-order valence-corrected chi connectivity index (χ2v) is 11.5. The highest BCUT2D eigenvalue weighted by Crippen LogP contribution is 2.35. The topological polar surface area (TPSA) is 87.6 Å². The molecule has 2 aromatic carbocycles. The number of benzene rings is 2. The van der Waals surface area contributed by atoms with Gasteiger partial charge in [0.2, 0.25) is 11.8 Å². The Morgan fingerprint density at radius 2 is 1.93 bits per heavy atom. The summed E-state index contributed by atoms with van der Waals surface area (Å²) in [6.45, 7) is 3.67. The monoisotopic (exact) mass is 601 g/mol. The highest BCUT2D eigenvalue weighted by atomic mass is 35.5. The first-order valence-electron chi connectivity index (χ1n) is 14.1. The zero-order chi connectivity index (χ0) is 29.6. The van der Waals surface area contributed by atoms with Crippen molar-refractivity contribution in [2.45, 2.75) is 64.0 Å². The zero-order valence-corrected chi connectivity index (χ0v) is 23.8. The van der Waals surface area contributed by atoms with Crippen molar-refractivity contribution in [1.29, 1.82) is 0 Å². The maximum Gasteiger partial charge on any atom is 0.416 e. The van der Waals surface area contributed by atoms with Gasteiger partial charge < -0.3 is 14.4 Å². The van der Waals surface area contributed by atoms with E-state index in [-0.39, 0.29) is 18.5 Å². The molecule has 1 fully saturated rings. The SMILES string of the molecule is CC(=O)N1CCc2c(c(-c3ccc(C(F)(F)F)cc3)nn2CC(O)CN2CCCCC2c2nc3cc(Cl)ccc3o2)C1. The Bertz CT molecular complexity index is 1600. The highest BCUT2D eigenvalue weighted by Gasteiger charge is 2.33. The van der Waals surface area contributed by atoms with E-state index in [1.54, 1.807) is 27.8 Å². The van der Waals surface area contributed by atoms with E-state index >= 15 is 0 Å². The van der Waals surface area contributed by atoms with Gasteiger partial charge in [-0.3, -0.25) is 14.4 Å². The lowest BCUT2D eigenvalue weighted by Crippen LogP contribution is -2.41. The zero-order valence-electron chi connectivity index (χ0n) is 23.1. The Kier molecular flexibility index (Phi) is 7.75. The van der Waals surface area contributed by atoms with Crippen molar-refractivity contribution < 1.29 is 27.5 Å². The Labute approximate surface area is 245 Å². The number of piperidine rings is 1. The van der Waals surface area contributed by atoms with E-state index in [2.05, 4.69) is 9.88 Å². The van der Waals surface area contributed by atoms with Crippen LogP contribution in [0.5, 0.6) is 0 Å². The summed E-state index contributed by atoms with van der Waals surface area (Å²) >= 11 is 6.13. The van der Waals surface area contributed by atoms with Crippen molar-refractivity contribution in [1.82, 2.24) is 24.6 Å². The van der Waals surface area contributed by atoms with Crippen molar-refractivity contribution in [3.63, 3.8) is 0 Å². The molecule has 1 saturated heterocycles. The van der Waals surface area contributed by atoms with Crippen LogP contribution in [0.3, 0.4) is 0 Å². The fourth-order valence-corrected chi connectivity index (χ4v) is 6.20. The van der Waals surface area contributed by atoms with Gasteiger partial charge in [-0.15, -0.1) is 0 Å². The van der Waals surface area contributed by atoms with Crippen LogP contribution in [-0.2, 0) is 30.5 Å². The fraction of sp³-hybridized carbons (Fsp3) is 0.433. The first-order chi connectivity index (χ1) is 20.1. The minimum atomic E-state index is -4.44. The molecule has 2 atom stereocenters. The number of alkyl halides is 3. The van der Waals surface area contributed by atoms with Crippen LogP contribution >= 0.6 is 11.6 Å². The molecule has 2 aliphatic rings. The lowest BCUT2D eigenvalue weighted by atomic mass is 9.99. The van der Waals surface area contributed by atoms with E-state index in [1.165, 1.54) is 19.1 Å². The number of carbonyl (C=O) groups is 1. The summed E-state index contributed by atoms with van der Waals surface area (Å²) in [5, 5.41) is 16.6. The summed E-state index contributed by atoms with van der Waals surface area (Å²) in [7, 11) is 0. The normalized spacial score (nSPS) is 18.8. The summed E-state index contributed by atoms with van der Waals surface area (Å²) in [5.74, 6) is 0.522. The molecule has 0 radical (unpaired) electrons. The summed E-state index contributed by atoms with van der Waals surface area (Å²) in [6.07, 6.45) is -1.82. The Morgan fingerprint density at radius 3 is 2.67 bits per heavy atom. The minimum Gasteiger partial charge on any atom is -0.439 e. The quantitative estimate of drug-likeness (QED) is 0.298. The molecule has 1 N–H and O–H groups in total. The van der Waals surface area contributed by atoms with Crippen molar-refractivity contribution in [3.05, 3.63) is 70.2 Å². The number of aromatic nitrogens is 3. The molecule has 0 spiro atoms. The number of fused-ring (bicyclic) bond motifs is 2. The van der Waals surface area contributed by atoms with Crippen LogP contribution in [-0.4, -0.2) is 61.3 Å². The third-order valence-corrected chi connectivity index (χ3v) is 8.39. The molecule has 222 valence electrons. The third kappa shape index (κ3) is 5.77. The number of hydrogen-bond acceptors (Lipinski definition) is 6. The average molecular weight is 602 g/mol. The molecular weight excluding hydrogens is 571 g/mol. The number of carbonyl (C=O) groups excluding carboxylic acids is 1.